The lowest BCUT2D eigenvalue weighted by molar-refractivity contribution is -0.117. The molecule has 0 atom stereocenters. The normalized spacial score (nSPS) is 18.4. The van der Waals surface area contributed by atoms with E-state index in [0.29, 0.717) is 18.8 Å². The summed E-state index contributed by atoms with van der Waals surface area (Å²) in [7, 11) is 0. The molecule has 0 spiro atoms. The first kappa shape index (κ1) is 16.3. The van der Waals surface area contributed by atoms with Gasteiger partial charge in [-0.2, -0.15) is 11.8 Å². The largest absolute Gasteiger partial charge is 0.329 e. The molecule has 1 heterocycles. The molecule has 21 heavy (non-hydrogen) atoms. The molecule has 0 aliphatic carbocycles. The molecule has 1 aromatic carbocycles. The number of nitrogens with one attached hydrogen (secondary N) is 1. The van der Waals surface area contributed by atoms with Crippen molar-refractivity contribution in [2.24, 2.45) is 5.73 Å². The van der Waals surface area contributed by atoms with E-state index in [0.717, 1.165) is 25.9 Å². The number of hydrogen-bond acceptors (Lipinski definition) is 4. The molecule has 1 amide bonds. The highest BCUT2D eigenvalue weighted by molar-refractivity contribution is 8.00. The monoisotopic (exact) mass is 311 g/mol. The quantitative estimate of drug-likeness (QED) is 0.872. The van der Waals surface area contributed by atoms with Crippen LogP contribution in [0, 0.1) is 5.82 Å². The van der Waals surface area contributed by atoms with E-state index in [2.05, 4.69) is 16.5 Å². The number of carbonyl (C=O) groups excluding carboxylic acids is 1. The van der Waals surface area contributed by atoms with Gasteiger partial charge in [0.15, 0.2) is 0 Å². The Morgan fingerprint density at radius 2 is 2.19 bits per heavy atom. The zero-order chi connectivity index (χ0) is 15.3. The number of carbonyl (C=O) groups is 1. The van der Waals surface area contributed by atoms with Crippen molar-refractivity contribution >= 4 is 23.4 Å². The average Bonchev–Trinajstić information content (AvgIpc) is 2.48. The second-order valence-corrected chi connectivity index (χ2v) is 6.70. The first-order valence-corrected chi connectivity index (χ1v) is 8.32. The summed E-state index contributed by atoms with van der Waals surface area (Å²) in [6.07, 6.45) is 4.09. The van der Waals surface area contributed by atoms with Crippen LogP contribution in [-0.4, -0.2) is 48.0 Å². The zero-order valence-electron chi connectivity index (χ0n) is 12.3. The van der Waals surface area contributed by atoms with Crippen LogP contribution in [0.25, 0.3) is 0 Å². The first-order valence-electron chi connectivity index (χ1n) is 7.10. The van der Waals surface area contributed by atoms with E-state index in [4.69, 9.17) is 5.73 Å². The Bertz CT molecular complexity index is 484. The smallest absolute Gasteiger partial charge is 0.238 e. The van der Waals surface area contributed by atoms with E-state index in [1.807, 2.05) is 11.8 Å². The van der Waals surface area contributed by atoms with Gasteiger partial charge in [-0.15, -0.1) is 0 Å². The van der Waals surface area contributed by atoms with Crippen molar-refractivity contribution in [1.29, 1.82) is 0 Å². The molecular formula is C15H22FN3OS. The molecule has 116 valence electrons. The molecule has 1 saturated heterocycles. The van der Waals surface area contributed by atoms with E-state index in [-0.39, 0.29) is 16.5 Å². The highest BCUT2D eigenvalue weighted by atomic mass is 32.2. The fraction of sp³-hybridized carbons (Fsp3) is 0.533. The number of piperidine rings is 1. The summed E-state index contributed by atoms with van der Waals surface area (Å²) < 4.78 is 13.2. The van der Waals surface area contributed by atoms with Gasteiger partial charge in [0.25, 0.3) is 0 Å². The molecule has 1 aliphatic rings. The van der Waals surface area contributed by atoms with Crippen molar-refractivity contribution in [2.45, 2.75) is 17.6 Å². The number of rotatable bonds is 5. The van der Waals surface area contributed by atoms with Crippen molar-refractivity contribution in [3.63, 3.8) is 0 Å². The Hall–Kier alpha value is -1.11. The summed E-state index contributed by atoms with van der Waals surface area (Å²) in [5.41, 5.74) is 6.36. The van der Waals surface area contributed by atoms with Crippen LogP contribution in [0.1, 0.15) is 12.8 Å². The SMILES string of the molecule is CSC1(CN)CCN(CC(=O)Nc2cccc(F)c2)CC1. The Kier molecular flexibility index (Phi) is 5.61. The van der Waals surface area contributed by atoms with Crippen LogP contribution in [-0.2, 0) is 4.79 Å². The summed E-state index contributed by atoms with van der Waals surface area (Å²) in [6.45, 7) is 2.76. The van der Waals surface area contributed by atoms with Crippen molar-refractivity contribution in [3.05, 3.63) is 30.1 Å². The van der Waals surface area contributed by atoms with Gasteiger partial charge in [-0.3, -0.25) is 9.69 Å². The minimum Gasteiger partial charge on any atom is -0.329 e. The lowest BCUT2D eigenvalue weighted by Gasteiger charge is -2.39. The number of benzene rings is 1. The van der Waals surface area contributed by atoms with Crippen molar-refractivity contribution in [3.8, 4) is 0 Å². The number of anilines is 1. The molecule has 0 bridgehead atoms. The van der Waals surface area contributed by atoms with Gasteiger partial charge in [-0.25, -0.2) is 4.39 Å². The Labute approximate surface area is 129 Å². The lowest BCUT2D eigenvalue weighted by atomic mass is 9.96. The number of amides is 1. The van der Waals surface area contributed by atoms with E-state index in [9.17, 15) is 9.18 Å². The summed E-state index contributed by atoms with van der Waals surface area (Å²) in [4.78, 5) is 14.1. The third-order valence-electron chi connectivity index (χ3n) is 4.05. The number of halogens is 1. The number of thioether (sulfide) groups is 1. The van der Waals surface area contributed by atoms with Crippen LogP contribution in [0.5, 0.6) is 0 Å². The Balaban J connectivity index is 1.82. The third kappa shape index (κ3) is 4.43. The topological polar surface area (TPSA) is 58.4 Å². The maximum Gasteiger partial charge on any atom is 0.238 e. The van der Waals surface area contributed by atoms with Crippen LogP contribution in [0.4, 0.5) is 10.1 Å². The highest BCUT2D eigenvalue weighted by Gasteiger charge is 2.32. The van der Waals surface area contributed by atoms with Gasteiger partial charge in [0.2, 0.25) is 5.91 Å². The Morgan fingerprint density at radius 1 is 1.48 bits per heavy atom. The maximum atomic E-state index is 13.1. The molecule has 6 heteroatoms. The molecule has 1 aromatic rings. The summed E-state index contributed by atoms with van der Waals surface area (Å²) in [5.74, 6) is -0.455. The summed E-state index contributed by atoms with van der Waals surface area (Å²) in [5, 5.41) is 2.73. The highest BCUT2D eigenvalue weighted by Crippen LogP contribution is 2.33. The van der Waals surface area contributed by atoms with Gasteiger partial charge in [-0.05, 0) is 37.3 Å². The second-order valence-electron chi connectivity index (χ2n) is 5.43. The van der Waals surface area contributed by atoms with Crippen molar-refractivity contribution < 1.29 is 9.18 Å². The maximum absolute atomic E-state index is 13.1. The Morgan fingerprint density at radius 3 is 2.76 bits per heavy atom. The molecule has 3 N–H and O–H groups in total. The standard InChI is InChI=1S/C15H22FN3OS/c1-21-15(11-17)5-7-19(8-6-15)10-14(20)18-13-4-2-3-12(16)9-13/h2-4,9H,5-8,10-11,17H2,1H3,(H,18,20). The minimum atomic E-state index is -0.349. The molecular weight excluding hydrogens is 289 g/mol. The number of nitrogens with two attached hydrogens (primary N) is 1. The third-order valence-corrected chi connectivity index (χ3v) is 5.49. The van der Waals surface area contributed by atoms with Gasteiger partial charge in [0, 0.05) is 30.1 Å². The van der Waals surface area contributed by atoms with Crippen LogP contribution < -0.4 is 11.1 Å². The predicted molar refractivity (Wildman–Crippen MR) is 86.0 cm³/mol. The molecule has 0 unspecified atom stereocenters. The zero-order valence-corrected chi connectivity index (χ0v) is 13.1. The molecule has 4 nitrogen and oxygen atoms in total. The van der Waals surface area contributed by atoms with Gasteiger partial charge in [-0.1, -0.05) is 6.07 Å². The summed E-state index contributed by atoms with van der Waals surface area (Å²) in [6, 6.07) is 5.95. The van der Waals surface area contributed by atoms with Crippen LogP contribution >= 0.6 is 11.8 Å². The van der Waals surface area contributed by atoms with E-state index < -0.39 is 0 Å². The molecule has 1 aliphatic heterocycles. The molecule has 1 fully saturated rings. The molecule has 2 rings (SSSR count). The van der Waals surface area contributed by atoms with Crippen LogP contribution in [0.2, 0.25) is 0 Å². The van der Waals surface area contributed by atoms with E-state index >= 15 is 0 Å². The number of likely N-dealkylation sites (tertiary alicyclic amines) is 1. The van der Waals surface area contributed by atoms with Crippen molar-refractivity contribution in [1.82, 2.24) is 4.90 Å². The number of hydrogen-bond donors (Lipinski definition) is 2. The lowest BCUT2D eigenvalue weighted by Crippen LogP contribution is -2.48. The van der Waals surface area contributed by atoms with Gasteiger partial charge in [0.05, 0.1) is 6.54 Å². The molecule has 0 radical (unpaired) electrons. The first-order chi connectivity index (χ1) is 10.1. The van der Waals surface area contributed by atoms with Gasteiger partial charge in [0.1, 0.15) is 5.82 Å². The number of nitrogens with zero attached hydrogens (tertiary/aromatic N) is 1. The van der Waals surface area contributed by atoms with Gasteiger partial charge < -0.3 is 11.1 Å². The predicted octanol–water partition coefficient (Wildman–Crippen LogP) is 1.92. The van der Waals surface area contributed by atoms with Crippen LogP contribution in [0.3, 0.4) is 0 Å². The molecule has 0 aromatic heterocycles. The van der Waals surface area contributed by atoms with E-state index in [1.165, 1.54) is 12.1 Å². The molecule has 0 saturated carbocycles. The van der Waals surface area contributed by atoms with Crippen molar-refractivity contribution in [2.75, 3.05) is 37.8 Å². The average molecular weight is 311 g/mol. The minimum absolute atomic E-state index is 0.106. The fourth-order valence-corrected chi connectivity index (χ4v) is 3.34. The fourth-order valence-electron chi connectivity index (χ4n) is 2.58. The second kappa shape index (κ2) is 7.24. The van der Waals surface area contributed by atoms with E-state index in [1.54, 1.807) is 12.1 Å². The van der Waals surface area contributed by atoms with Gasteiger partial charge >= 0.3 is 0 Å². The van der Waals surface area contributed by atoms with Crippen LogP contribution in [0.15, 0.2) is 24.3 Å². The summed E-state index contributed by atoms with van der Waals surface area (Å²) >= 11 is 1.82.